The van der Waals surface area contributed by atoms with E-state index in [0.29, 0.717) is 47.5 Å². The number of nitrogens with zero attached hydrogens (tertiary/aromatic N) is 3. The zero-order valence-electron chi connectivity index (χ0n) is 19.8. The molecule has 0 unspecified atom stereocenters. The normalized spacial score (nSPS) is 11.6. The number of aromatic nitrogens is 3. The summed E-state index contributed by atoms with van der Waals surface area (Å²) in [4.78, 5) is 17.2. The molecule has 0 fully saturated rings. The summed E-state index contributed by atoms with van der Waals surface area (Å²) >= 11 is 0. The number of alkyl halides is 3. The molecule has 7 nitrogen and oxygen atoms in total. The second-order valence-electron chi connectivity index (χ2n) is 8.32. The highest BCUT2D eigenvalue weighted by molar-refractivity contribution is 5.71. The molecule has 36 heavy (non-hydrogen) atoms. The standard InChI is InChI=1S/C26H25F3N4O3/c1-3-31-22-13-21(18-9-16(2)10-19(12-18)24-14-30-15-36-24)32-33(25(22)35)23-11-17(5-4-8-34)6-7-20(23)26(27,28)29/h6-7,9-15,31,34H,3-5,8H2,1-2H3. The van der Waals surface area contributed by atoms with E-state index in [0.717, 1.165) is 16.3 Å². The van der Waals surface area contributed by atoms with Crippen LogP contribution in [0.25, 0.3) is 28.3 Å². The van der Waals surface area contributed by atoms with Crippen LogP contribution >= 0.6 is 0 Å². The first-order valence-corrected chi connectivity index (χ1v) is 11.4. The van der Waals surface area contributed by atoms with Crippen molar-refractivity contribution in [2.24, 2.45) is 0 Å². The molecule has 0 bridgehead atoms. The van der Waals surface area contributed by atoms with E-state index in [2.05, 4.69) is 15.4 Å². The van der Waals surface area contributed by atoms with Gasteiger partial charge in [-0.2, -0.15) is 23.0 Å². The van der Waals surface area contributed by atoms with Gasteiger partial charge in [-0.05, 0) is 74.2 Å². The molecule has 4 rings (SSSR count). The molecule has 4 aromatic rings. The van der Waals surface area contributed by atoms with Gasteiger partial charge in [0.15, 0.2) is 12.2 Å². The molecule has 0 radical (unpaired) electrons. The molecule has 10 heteroatoms. The van der Waals surface area contributed by atoms with Gasteiger partial charge >= 0.3 is 6.18 Å². The fourth-order valence-corrected chi connectivity index (χ4v) is 3.98. The van der Waals surface area contributed by atoms with Crippen LogP contribution in [0.1, 0.15) is 30.0 Å². The molecule has 0 saturated heterocycles. The van der Waals surface area contributed by atoms with E-state index < -0.39 is 17.3 Å². The number of aryl methyl sites for hydroxylation is 2. The van der Waals surface area contributed by atoms with E-state index in [4.69, 9.17) is 9.52 Å². The van der Waals surface area contributed by atoms with Gasteiger partial charge in [-0.3, -0.25) is 4.79 Å². The Hall–Kier alpha value is -3.92. The number of hydrogen-bond acceptors (Lipinski definition) is 6. The molecular weight excluding hydrogens is 473 g/mol. The second-order valence-corrected chi connectivity index (χ2v) is 8.32. The Balaban J connectivity index is 1.95. The van der Waals surface area contributed by atoms with Crippen LogP contribution in [0.5, 0.6) is 0 Å². The number of aliphatic hydroxyl groups is 1. The maximum Gasteiger partial charge on any atom is 0.418 e. The van der Waals surface area contributed by atoms with E-state index >= 15 is 0 Å². The molecule has 2 heterocycles. The van der Waals surface area contributed by atoms with E-state index in [1.54, 1.807) is 19.2 Å². The van der Waals surface area contributed by atoms with Crippen molar-refractivity contribution in [3.8, 4) is 28.3 Å². The predicted octanol–water partition coefficient (Wildman–Crippen LogP) is 5.24. The molecular formula is C26H25F3N4O3. The van der Waals surface area contributed by atoms with E-state index in [9.17, 15) is 18.0 Å². The molecule has 2 aromatic carbocycles. The summed E-state index contributed by atoms with van der Waals surface area (Å²) in [5.74, 6) is 0.524. The Kier molecular flexibility index (Phi) is 7.25. The molecule has 0 atom stereocenters. The molecule has 0 aliphatic rings. The third kappa shape index (κ3) is 5.33. The Morgan fingerprint density at radius 3 is 2.56 bits per heavy atom. The van der Waals surface area contributed by atoms with Crippen LogP contribution in [0.3, 0.4) is 0 Å². The molecule has 0 amide bonds. The van der Waals surface area contributed by atoms with Crippen molar-refractivity contribution >= 4 is 5.69 Å². The first-order valence-electron chi connectivity index (χ1n) is 11.4. The number of aliphatic hydroxyl groups excluding tert-OH is 1. The fraction of sp³-hybridized carbons (Fsp3) is 0.269. The van der Waals surface area contributed by atoms with Gasteiger partial charge in [-0.25, -0.2) is 4.98 Å². The third-order valence-electron chi connectivity index (χ3n) is 5.59. The molecule has 188 valence electrons. The van der Waals surface area contributed by atoms with Crippen LogP contribution < -0.4 is 10.9 Å². The number of benzene rings is 2. The SMILES string of the molecule is CCNc1cc(-c2cc(C)cc(-c3cnco3)c2)nn(-c2cc(CCCO)ccc2C(F)(F)F)c1=O. The van der Waals surface area contributed by atoms with Crippen molar-refractivity contribution < 1.29 is 22.7 Å². The van der Waals surface area contributed by atoms with Gasteiger partial charge in [0.25, 0.3) is 5.56 Å². The van der Waals surface area contributed by atoms with Gasteiger partial charge in [0, 0.05) is 24.3 Å². The molecule has 2 N–H and O–H groups in total. The average molecular weight is 499 g/mol. The van der Waals surface area contributed by atoms with Crippen LogP contribution in [-0.2, 0) is 12.6 Å². The smallest absolute Gasteiger partial charge is 0.418 e. The number of oxazole rings is 1. The highest BCUT2D eigenvalue weighted by atomic mass is 19.4. The lowest BCUT2D eigenvalue weighted by atomic mass is 10.0. The first-order chi connectivity index (χ1) is 17.2. The summed E-state index contributed by atoms with van der Waals surface area (Å²) in [7, 11) is 0. The fourth-order valence-electron chi connectivity index (χ4n) is 3.98. The molecule has 2 aromatic heterocycles. The Morgan fingerprint density at radius 1 is 1.11 bits per heavy atom. The van der Waals surface area contributed by atoms with Crippen LogP contribution in [0.4, 0.5) is 18.9 Å². The summed E-state index contributed by atoms with van der Waals surface area (Å²) in [5.41, 5.74) is 1.12. The summed E-state index contributed by atoms with van der Waals surface area (Å²) in [6, 6.07) is 10.6. The topological polar surface area (TPSA) is 93.2 Å². The summed E-state index contributed by atoms with van der Waals surface area (Å²) in [6.45, 7) is 3.94. The van der Waals surface area contributed by atoms with Crippen molar-refractivity contribution in [3.63, 3.8) is 0 Å². The van der Waals surface area contributed by atoms with E-state index in [1.807, 2.05) is 19.1 Å². The van der Waals surface area contributed by atoms with Crippen LogP contribution in [-0.4, -0.2) is 33.0 Å². The van der Waals surface area contributed by atoms with Gasteiger partial charge in [0.2, 0.25) is 0 Å². The first kappa shape index (κ1) is 25.2. The van der Waals surface area contributed by atoms with Gasteiger partial charge < -0.3 is 14.8 Å². The Morgan fingerprint density at radius 2 is 1.89 bits per heavy atom. The van der Waals surface area contributed by atoms with Crippen molar-refractivity contribution in [1.82, 2.24) is 14.8 Å². The minimum Gasteiger partial charge on any atom is -0.444 e. The Bertz CT molecular complexity index is 1410. The third-order valence-corrected chi connectivity index (χ3v) is 5.59. The minimum atomic E-state index is -4.71. The van der Waals surface area contributed by atoms with Crippen molar-refractivity contribution in [2.45, 2.75) is 32.9 Å². The highest BCUT2D eigenvalue weighted by Gasteiger charge is 2.35. The molecule has 0 aliphatic heterocycles. The Labute approximate surface area is 205 Å². The van der Waals surface area contributed by atoms with Crippen LogP contribution in [0.15, 0.2) is 64.3 Å². The lowest BCUT2D eigenvalue weighted by Crippen LogP contribution is -2.27. The van der Waals surface area contributed by atoms with Crippen molar-refractivity contribution in [1.29, 1.82) is 0 Å². The summed E-state index contributed by atoms with van der Waals surface area (Å²) in [5, 5.41) is 16.5. The molecule has 0 saturated carbocycles. The molecule has 0 spiro atoms. The van der Waals surface area contributed by atoms with Gasteiger partial charge in [0.05, 0.1) is 23.1 Å². The zero-order chi connectivity index (χ0) is 25.9. The maximum atomic E-state index is 14.0. The molecule has 0 aliphatic carbocycles. The second kappa shape index (κ2) is 10.4. The number of nitrogens with one attached hydrogen (secondary N) is 1. The lowest BCUT2D eigenvalue weighted by molar-refractivity contribution is -0.137. The van der Waals surface area contributed by atoms with Crippen molar-refractivity contribution in [2.75, 3.05) is 18.5 Å². The minimum absolute atomic E-state index is 0.102. The highest BCUT2D eigenvalue weighted by Crippen LogP contribution is 2.35. The zero-order valence-corrected chi connectivity index (χ0v) is 19.8. The quantitative estimate of drug-likeness (QED) is 0.345. The average Bonchev–Trinajstić information content (AvgIpc) is 3.38. The van der Waals surface area contributed by atoms with Gasteiger partial charge in [-0.15, -0.1) is 0 Å². The number of halogens is 3. The van der Waals surface area contributed by atoms with Gasteiger partial charge in [0.1, 0.15) is 5.69 Å². The van der Waals surface area contributed by atoms with Crippen LogP contribution in [0, 0.1) is 6.92 Å². The largest absolute Gasteiger partial charge is 0.444 e. The number of anilines is 1. The van der Waals surface area contributed by atoms with Crippen LogP contribution in [0.2, 0.25) is 0 Å². The van der Waals surface area contributed by atoms with Crippen molar-refractivity contribution in [3.05, 3.63) is 82.1 Å². The summed E-state index contributed by atoms with van der Waals surface area (Å²) in [6.07, 6.45) is -1.10. The van der Waals surface area contributed by atoms with E-state index in [-0.39, 0.29) is 18.0 Å². The predicted molar refractivity (Wildman–Crippen MR) is 130 cm³/mol. The monoisotopic (exact) mass is 498 g/mol. The number of rotatable bonds is 8. The van der Waals surface area contributed by atoms with E-state index in [1.165, 1.54) is 24.6 Å². The van der Waals surface area contributed by atoms with Gasteiger partial charge in [-0.1, -0.05) is 6.07 Å². The summed E-state index contributed by atoms with van der Waals surface area (Å²) < 4.78 is 48.1. The lowest BCUT2D eigenvalue weighted by Gasteiger charge is -2.17. The number of hydrogen-bond donors (Lipinski definition) is 2. The maximum absolute atomic E-state index is 14.0.